The molecule has 23 heavy (non-hydrogen) atoms. The number of benzene rings is 1. The Labute approximate surface area is 130 Å². The van der Waals surface area contributed by atoms with E-state index in [1.54, 1.807) is 24.3 Å². The molecule has 1 aromatic carbocycles. The summed E-state index contributed by atoms with van der Waals surface area (Å²) in [7, 11) is 0. The van der Waals surface area contributed by atoms with E-state index in [1.165, 1.54) is 0 Å². The van der Waals surface area contributed by atoms with Gasteiger partial charge in [0.1, 0.15) is 12.6 Å². The molecule has 3 amide bonds. The van der Waals surface area contributed by atoms with Crippen LogP contribution in [0.1, 0.15) is 11.1 Å². The van der Waals surface area contributed by atoms with E-state index >= 15 is 0 Å². The fraction of sp³-hybridized carbons (Fsp3) is 0.429. The third-order valence-electron chi connectivity index (χ3n) is 3.11. The van der Waals surface area contributed by atoms with Gasteiger partial charge in [-0.15, -0.1) is 0 Å². The number of urea groups is 1. The molecule has 0 aromatic heterocycles. The van der Waals surface area contributed by atoms with Crippen molar-refractivity contribution in [3.05, 3.63) is 35.4 Å². The van der Waals surface area contributed by atoms with Crippen molar-refractivity contribution in [1.82, 2.24) is 16.0 Å². The van der Waals surface area contributed by atoms with E-state index in [1.807, 2.05) is 0 Å². The zero-order valence-electron chi connectivity index (χ0n) is 12.1. The Bertz CT molecular complexity index is 561. The maximum Gasteiger partial charge on any atom is 0.411 e. The summed E-state index contributed by atoms with van der Waals surface area (Å²) in [6.45, 7) is -0.924. The summed E-state index contributed by atoms with van der Waals surface area (Å²) in [6, 6.07) is 5.68. The van der Waals surface area contributed by atoms with E-state index in [0.717, 1.165) is 5.56 Å². The van der Waals surface area contributed by atoms with Crippen LogP contribution in [0.2, 0.25) is 0 Å². The molecule has 126 valence electrons. The summed E-state index contributed by atoms with van der Waals surface area (Å²) in [4.78, 5) is 22.7. The number of nitrogens with one attached hydrogen (secondary N) is 3. The summed E-state index contributed by atoms with van der Waals surface area (Å²) in [5.41, 5.74) is 1.40. The molecule has 0 spiro atoms. The number of halogens is 3. The van der Waals surface area contributed by atoms with E-state index in [2.05, 4.69) is 20.7 Å². The van der Waals surface area contributed by atoms with Crippen molar-refractivity contribution in [1.29, 1.82) is 0 Å². The number of rotatable bonds is 6. The fourth-order valence-corrected chi connectivity index (χ4v) is 1.96. The van der Waals surface area contributed by atoms with E-state index in [4.69, 9.17) is 0 Å². The van der Waals surface area contributed by atoms with Crippen LogP contribution in [0.4, 0.5) is 18.0 Å². The normalized spacial score (nSPS) is 17.5. The van der Waals surface area contributed by atoms with Crippen LogP contribution in [0.15, 0.2) is 24.3 Å². The molecule has 1 atom stereocenters. The van der Waals surface area contributed by atoms with Crippen LogP contribution in [0, 0.1) is 0 Å². The third kappa shape index (κ3) is 5.78. The summed E-state index contributed by atoms with van der Waals surface area (Å²) >= 11 is 0. The molecule has 1 aromatic rings. The lowest BCUT2D eigenvalue weighted by atomic mass is 10.1. The van der Waals surface area contributed by atoms with Gasteiger partial charge in [-0.1, -0.05) is 24.3 Å². The molecule has 0 saturated carbocycles. The standard InChI is InChI=1S/C14H16F3N3O3/c15-14(16,17)8-23-7-10-3-1-9(2-4-10)5-18-12(21)11-6-19-13(22)20-11/h1-4,11H,5-8H2,(H,18,21)(H2,19,20,22)/t11-/m1/s1. The van der Waals surface area contributed by atoms with Crippen molar-refractivity contribution in [3.63, 3.8) is 0 Å². The van der Waals surface area contributed by atoms with Crippen LogP contribution in [-0.2, 0) is 22.7 Å². The molecular formula is C14H16F3N3O3. The van der Waals surface area contributed by atoms with Gasteiger partial charge >= 0.3 is 12.2 Å². The first-order valence-electron chi connectivity index (χ1n) is 6.88. The minimum Gasteiger partial charge on any atom is -0.367 e. The first-order valence-corrected chi connectivity index (χ1v) is 6.88. The Morgan fingerprint density at radius 1 is 1.26 bits per heavy atom. The molecule has 0 bridgehead atoms. The average Bonchev–Trinajstić information content (AvgIpc) is 2.91. The summed E-state index contributed by atoms with van der Waals surface area (Å²) < 4.78 is 40.4. The molecular weight excluding hydrogens is 315 g/mol. The van der Waals surface area contributed by atoms with Crippen molar-refractivity contribution in [2.75, 3.05) is 13.2 Å². The predicted octanol–water partition coefficient (Wildman–Crippen LogP) is 1.06. The van der Waals surface area contributed by atoms with E-state index < -0.39 is 18.8 Å². The Morgan fingerprint density at radius 2 is 1.91 bits per heavy atom. The lowest BCUT2D eigenvalue weighted by Crippen LogP contribution is -2.42. The largest absolute Gasteiger partial charge is 0.411 e. The van der Waals surface area contributed by atoms with Crippen LogP contribution < -0.4 is 16.0 Å². The van der Waals surface area contributed by atoms with E-state index in [-0.39, 0.29) is 31.6 Å². The minimum atomic E-state index is -4.34. The Morgan fingerprint density at radius 3 is 2.48 bits per heavy atom. The smallest absolute Gasteiger partial charge is 0.367 e. The molecule has 0 aliphatic carbocycles. The molecule has 1 aliphatic rings. The second-order valence-electron chi connectivity index (χ2n) is 5.05. The Hall–Kier alpha value is -2.29. The van der Waals surface area contributed by atoms with Gasteiger partial charge in [0, 0.05) is 13.1 Å². The second-order valence-corrected chi connectivity index (χ2v) is 5.05. The number of ether oxygens (including phenoxy) is 1. The zero-order chi connectivity index (χ0) is 16.9. The highest BCUT2D eigenvalue weighted by Gasteiger charge is 2.27. The van der Waals surface area contributed by atoms with Gasteiger partial charge in [0.25, 0.3) is 0 Å². The first-order chi connectivity index (χ1) is 10.8. The highest BCUT2D eigenvalue weighted by molar-refractivity contribution is 5.90. The molecule has 6 nitrogen and oxygen atoms in total. The quantitative estimate of drug-likeness (QED) is 0.729. The molecule has 1 heterocycles. The van der Waals surface area contributed by atoms with Crippen molar-refractivity contribution < 1.29 is 27.5 Å². The molecule has 1 fully saturated rings. The van der Waals surface area contributed by atoms with Gasteiger partial charge in [-0.2, -0.15) is 13.2 Å². The molecule has 9 heteroatoms. The molecule has 1 aliphatic heterocycles. The van der Waals surface area contributed by atoms with Gasteiger partial charge in [0.15, 0.2) is 0 Å². The minimum absolute atomic E-state index is 0.133. The lowest BCUT2D eigenvalue weighted by Gasteiger charge is -2.11. The van der Waals surface area contributed by atoms with Crippen LogP contribution in [-0.4, -0.2) is 37.3 Å². The van der Waals surface area contributed by atoms with Crippen molar-refractivity contribution in [2.45, 2.75) is 25.4 Å². The van der Waals surface area contributed by atoms with Gasteiger partial charge in [0.05, 0.1) is 6.61 Å². The van der Waals surface area contributed by atoms with E-state index in [9.17, 15) is 22.8 Å². The lowest BCUT2D eigenvalue weighted by molar-refractivity contribution is -0.176. The van der Waals surface area contributed by atoms with Gasteiger partial charge in [-0.25, -0.2) is 4.79 Å². The maximum atomic E-state index is 12.0. The molecule has 2 rings (SSSR count). The number of carbonyl (C=O) groups excluding carboxylic acids is 2. The molecule has 0 radical (unpaired) electrons. The number of amides is 3. The van der Waals surface area contributed by atoms with Gasteiger partial charge in [-0.05, 0) is 11.1 Å². The van der Waals surface area contributed by atoms with Gasteiger partial charge < -0.3 is 20.7 Å². The van der Waals surface area contributed by atoms with Crippen LogP contribution in [0.25, 0.3) is 0 Å². The van der Waals surface area contributed by atoms with Crippen molar-refractivity contribution >= 4 is 11.9 Å². The zero-order valence-corrected chi connectivity index (χ0v) is 12.1. The van der Waals surface area contributed by atoms with Crippen molar-refractivity contribution in [2.24, 2.45) is 0 Å². The number of hydrogen-bond acceptors (Lipinski definition) is 3. The first kappa shape index (κ1) is 17.1. The molecule has 3 N–H and O–H groups in total. The van der Waals surface area contributed by atoms with Crippen molar-refractivity contribution in [3.8, 4) is 0 Å². The number of hydrogen-bond donors (Lipinski definition) is 3. The monoisotopic (exact) mass is 331 g/mol. The third-order valence-corrected chi connectivity index (χ3v) is 3.11. The Kier molecular flexibility index (Phi) is 5.43. The Balaban J connectivity index is 1.74. The van der Waals surface area contributed by atoms with E-state index in [0.29, 0.717) is 5.56 Å². The van der Waals surface area contributed by atoms with Crippen LogP contribution in [0.3, 0.4) is 0 Å². The van der Waals surface area contributed by atoms with Crippen LogP contribution >= 0.6 is 0 Å². The number of alkyl halides is 3. The van der Waals surface area contributed by atoms with Gasteiger partial charge in [-0.3, -0.25) is 4.79 Å². The summed E-state index contributed by atoms with van der Waals surface area (Å²) in [6.07, 6.45) is -4.34. The molecule has 0 unspecified atom stereocenters. The SMILES string of the molecule is O=C1NC[C@H](C(=O)NCc2ccc(COCC(F)(F)F)cc2)N1. The average molecular weight is 331 g/mol. The topological polar surface area (TPSA) is 79.5 Å². The van der Waals surface area contributed by atoms with Gasteiger partial charge in [0.2, 0.25) is 5.91 Å². The number of carbonyl (C=O) groups is 2. The predicted molar refractivity (Wildman–Crippen MR) is 74.3 cm³/mol. The summed E-state index contributed by atoms with van der Waals surface area (Å²) in [5.74, 6) is -0.305. The molecule has 1 saturated heterocycles. The second kappa shape index (κ2) is 7.32. The highest BCUT2D eigenvalue weighted by Crippen LogP contribution is 2.15. The van der Waals surface area contributed by atoms with Crippen LogP contribution in [0.5, 0.6) is 0 Å². The maximum absolute atomic E-state index is 12.0. The highest BCUT2D eigenvalue weighted by atomic mass is 19.4. The summed E-state index contributed by atoms with van der Waals surface area (Å²) in [5, 5.41) is 7.62. The fourth-order valence-electron chi connectivity index (χ4n) is 1.96.